The van der Waals surface area contributed by atoms with Crippen molar-refractivity contribution < 1.29 is 14.7 Å². The van der Waals surface area contributed by atoms with Gasteiger partial charge in [-0.1, -0.05) is 6.92 Å². The minimum atomic E-state index is -0.750. The van der Waals surface area contributed by atoms with Crippen molar-refractivity contribution in [2.24, 2.45) is 5.92 Å². The van der Waals surface area contributed by atoms with E-state index in [9.17, 15) is 9.59 Å². The number of carboxylic acids is 1. The number of aliphatic carboxylic acids is 1. The van der Waals surface area contributed by atoms with Crippen LogP contribution in [0.1, 0.15) is 32.6 Å². The van der Waals surface area contributed by atoms with Crippen LogP contribution in [0.25, 0.3) is 0 Å². The van der Waals surface area contributed by atoms with Gasteiger partial charge in [-0.25, -0.2) is 4.79 Å². The van der Waals surface area contributed by atoms with Crippen LogP contribution in [-0.4, -0.2) is 66.7 Å². The summed E-state index contributed by atoms with van der Waals surface area (Å²) >= 11 is 0. The fourth-order valence-corrected chi connectivity index (χ4v) is 2.51. The Morgan fingerprint density at radius 1 is 1.20 bits per heavy atom. The summed E-state index contributed by atoms with van der Waals surface area (Å²) in [6.07, 6.45) is 2.89. The Balaban J connectivity index is 2.43. The Kier molecular flexibility index (Phi) is 6.78. The lowest BCUT2D eigenvalue weighted by atomic mass is 10.1. The molecule has 0 spiro atoms. The second-order valence-corrected chi connectivity index (χ2v) is 5.78. The largest absolute Gasteiger partial charge is 0.481 e. The molecule has 20 heavy (non-hydrogen) atoms. The number of hydrogen-bond acceptors (Lipinski definition) is 3. The van der Waals surface area contributed by atoms with E-state index in [2.05, 4.69) is 5.32 Å². The Labute approximate surface area is 121 Å². The maximum absolute atomic E-state index is 12.2. The Morgan fingerprint density at radius 3 is 2.40 bits per heavy atom. The quantitative estimate of drug-likeness (QED) is 0.738. The van der Waals surface area contributed by atoms with Gasteiger partial charge in [0.05, 0.1) is 5.92 Å². The first-order valence-corrected chi connectivity index (χ1v) is 7.37. The van der Waals surface area contributed by atoms with Gasteiger partial charge in [0.25, 0.3) is 0 Å². The average Bonchev–Trinajstić information content (AvgIpc) is 2.82. The van der Waals surface area contributed by atoms with Crippen LogP contribution >= 0.6 is 0 Å². The molecular weight excluding hydrogens is 258 g/mol. The van der Waals surface area contributed by atoms with E-state index in [1.165, 1.54) is 0 Å². The van der Waals surface area contributed by atoms with Crippen LogP contribution in [0, 0.1) is 5.92 Å². The fourth-order valence-electron chi connectivity index (χ4n) is 2.51. The molecule has 1 aliphatic carbocycles. The summed E-state index contributed by atoms with van der Waals surface area (Å²) in [5, 5.41) is 12.0. The van der Waals surface area contributed by atoms with Gasteiger partial charge in [0, 0.05) is 25.7 Å². The van der Waals surface area contributed by atoms with E-state index in [1.807, 2.05) is 30.8 Å². The first-order valence-electron chi connectivity index (χ1n) is 7.37. The molecule has 2 amide bonds. The first kappa shape index (κ1) is 16.8. The number of nitrogens with zero attached hydrogens (tertiary/aromatic N) is 2. The minimum Gasteiger partial charge on any atom is -0.481 e. The average molecular weight is 285 g/mol. The molecule has 0 heterocycles. The second kappa shape index (κ2) is 8.09. The van der Waals surface area contributed by atoms with Gasteiger partial charge in [0.1, 0.15) is 0 Å². The fraction of sp³-hybridized carbons (Fsp3) is 0.857. The molecule has 0 radical (unpaired) electrons. The zero-order valence-corrected chi connectivity index (χ0v) is 12.8. The van der Waals surface area contributed by atoms with Crippen molar-refractivity contribution in [1.29, 1.82) is 0 Å². The smallest absolute Gasteiger partial charge is 0.317 e. The number of amides is 2. The summed E-state index contributed by atoms with van der Waals surface area (Å²) in [7, 11) is 3.97. The van der Waals surface area contributed by atoms with E-state index in [0.29, 0.717) is 19.4 Å². The monoisotopic (exact) mass is 285 g/mol. The number of carbonyl (C=O) groups excluding carboxylic acids is 1. The molecule has 2 atom stereocenters. The van der Waals surface area contributed by atoms with Crippen molar-refractivity contribution in [2.75, 3.05) is 33.7 Å². The van der Waals surface area contributed by atoms with Gasteiger partial charge < -0.3 is 20.2 Å². The van der Waals surface area contributed by atoms with Gasteiger partial charge in [-0.15, -0.1) is 0 Å². The molecule has 1 aliphatic rings. The van der Waals surface area contributed by atoms with Crippen LogP contribution < -0.4 is 5.32 Å². The zero-order chi connectivity index (χ0) is 15.1. The molecular formula is C14H27N3O3. The molecule has 116 valence electrons. The summed E-state index contributed by atoms with van der Waals surface area (Å²) in [6.45, 7) is 4.30. The number of carboxylic acid groups (broad SMARTS) is 1. The molecule has 6 heteroatoms. The SMILES string of the molecule is CCCN(CCN(C)C)C(=O)N[C@H]1CC[C@@H](C(=O)O)C1. The van der Waals surface area contributed by atoms with Crippen LogP contribution in [0.2, 0.25) is 0 Å². The van der Waals surface area contributed by atoms with Crippen LogP contribution in [0.3, 0.4) is 0 Å². The van der Waals surface area contributed by atoms with E-state index in [0.717, 1.165) is 25.9 Å². The third kappa shape index (κ3) is 5.36. The lowest BCUT2D eigenvalue weighted by Gasteiger charge is -2.26. The highest BCUT2D eigenvalue weighted by molar-refractivity contribution is 5.75. The molecule has 0 aromatic heterocycles. The number of carbonyl (C=O) groups is 2. The number of urea groups is 1. The van der Waals surface area contributed by atoms with E-state index in [1.54, 1.807) is 0 Å². The minimum absolute atomic E-state index is 0.00214. The topological polar surface area (TPSA) is 72.9 Å². The molecule has 0 aromatic rings. The van der Waals surface area contributed by atoms with Crippen LogP contribution in [-0.2, 0) is 4.79 Å². The standard InChI is InChI=1S/C14H27N3O3/c1-4-7-17(9-8-16(2)3)14(20)15-12-6-5-11(10-12)13(18)19/h11-12H,4-10H2,1-3H3,(H,15,20)(H,18,19)/t11-,12+/m1/s1. The third-order valence-electron chi connectivity index (χ3n) is 3.71. The van der Waals surface area contributed by atoms with Crippen LogP contribution in [0.5, 0.6) is 0 Å². The van der Waals surface area contributed by atoms with E-state index in [4.69, 9.17) is 5.11 Å². The molecule has 0 unspecified atom stereocenters. The molecule has 1 fully saturated rings. The molecule has 0 aliphatic heterocycles. The maximum atomic E-state index is 12.2. The summed E-state index contributed by atoms with van der Waals surface area (Å²) in [4.78, 5) is 27.0. The van der Waals surface area contributed by atoms with Crippen molar-refractivity contribution in [3.05, 3.63) is 0 Å². The summed E-state index contributed by atoms with van der Waals surface area (Å²) < 4.78 is 0. The van der Waals surface area contributed by atoms with Crippen LogP contribution in [0.15, 0.2) is 0 Å². The number of nitrogens with one attached hydrogen (secondary N) is 1. The highest BCUT2D eigenvalue weighted by Gasteiger charge is 2.31. The Bertz CT molecular complexity index is 334. The van der Waals surface area contributed by atoms with Crippen molar-refractivity contribution >= 4 is 12.0 Å². The Morgan fingerprint density at radius 2 is 1.90 bits per heavy atom. The number of hydrogen-bond donors (Lipinski definition) is 2. The molecule has 1 rings (SSSR count). The van der Waals surface area contributed by atoms with Crippen molar-refractivity contribution in [3.63, 3.8) is 0 Å². The molecule has 2 N–H and O–H groups in total. The van der Waals surface area contributed by atoms with E-state index in [-0.39, 0.29) is 18.0 Å². The molecule has 0 saturated heterocycles. The van der Waals surface area contributed by atoms with Gasteiger partial charge in [-0.3, -0.25) is 4.79 Å². The molecule has 0 bridgehead atoms. The predicted octanol–water partition coefficient (Wildman–Crippen LogP) is 1.22. The summed E-state index contributed by atoms with van der Waals surface area (Å²) in [6, 6.07) is -0.0629. The number of likely N-dealkylation sites (N-methyl/N-ethyl adjacent to an activating group) is 1. The van der Waals surface area contributed by atoms with Gasteiger partial charge in [0.2, 0.25) is 0 Å². The highest BCUT2D eigenvalue weighted by Crippen LogP contribution is 2.25. The summed E-state index contributed by atoms with van der Waals surface area (Å²) in [5.41, 5.74) is 0. The maximum Gasteiger partial charge on any atom is 0.317 e. The van der Waals surface area contributed by atoms with Gasteiger partial charge in [-0.05, 0) is 39.8 Å². The number of rotatable bonds is 7. The molecule has 0 aromatic carbocycles. The van der Waals surface area contributed by atoms with Crippen molar-refractivity contribution in [2.45, 2.75) is 38.6 Å². The Hall–Kier alpha value is -1.30. The zero-order valence-electron chi connectivity index (χ0n) is 12.8. The third-order valence-corrected chi connectivity index (χ3v) is 3.71. The first-order chi connectivity index (χ1) is 9.43. The van der Waals surface area contributed by atoms with Crippen molar-refractivity contribution in [1.82, 2.24) is 15.1 Å². The molecule has 6 nitrogen and oxygen atoms in total. The van der Waals surface area contributed by atoms with Crippen molar-refractivity contribution in [3.8, 4) is 0 Å². The second-order valence-electron chi connectivity index (χ2n) is 5.78. The normalized spacial score (nSPS) is 22.0. The summed E-state index contributed by atoms with van der Waals surface area (Å²) in [5.74, 6) is -1.05. The molecule has 1 saturated carbocycles. The van der Waals surface area contributed by atoms with Gasteiger partial charge in [0.15, 0.2) is 0 Å². The van der Waals surface area contributed by atoms with E-state index >= 15 is 0 Å². The highest BCUT2D eigenvalue weighted by atomic mass is 16.4. The van der Waals surface area contributed by atoms with E-state index < -0.39 is 5.97 Å². The lowest BCUT2D eigenvalue weighted by molar-refractivity contribution is -0.141. The predicted molar refractivity (Wildman–Crippen MR) is 77.7 cm³/mol. The lowest BCUT2D eigenvalue weighted by Crippen LogP contribution is -2.46. The van der Waals surface area contributed by atoms with Gasteiger partial charge >= 0.3 is 12.0 Å². The van der Waals surface area contributed by atoms with Gasteiger partial charge in [-0.2, -0.15) is 0 Å². The van der Waals surface area contributed by atoms with Crippen LogP contribution in [0.4, 0.5) is 4.79 Å².